The average molecular weight is 267 g/mol. The lowest BCUT2D eigenvalue weighted by molar-refractivity contribution is 0.320. The van der Waals surface area contributed by atoms with Gasteiger partial charge in [0.2, 0.25) is 0 Å². The van der Waals surface area contributed by atoms with E-state index in [-0.39, 0.29) is 0 Å². The minimum atomic E-state index is 1.03. The first-order chi connectivity index (χ1) is 9.63. The lowest BCUT2D eigenvalue weighted by Gasteiger charge is -2.13. The van der Waals surface area contributed by atoms with Gasteiger partial charge in [0.05, 0.1) is 5.69 Å². The van der Waals surface area contributed by atoms with Crippen molar-refractivity contribution in [2.24, 2.45) is 0 Å². The molecule has 3 heteroatoms. The van der Waals surface area contributed by atoms with Crippen LogP contribution in [-0.4, -0.2) is 19.1 Å². The maximum atomic E-state index is 3.10. The van der Waals surface area contributed by atoms with Crippen molar-refractivity contribution < 1.29 is 0 Å². The minimum absolute atomic E-state index is 1.03. The van der Waals surface area contributed by atoms with Crippen LogP contribution in [0.5, 0.6) is 0 Å². The van der Waals surface area contributed by atoms with Gasteiger partial charge in [-0.05, 0) is 30.2 Å². The van der Waals surface area contributed by atoms with Crippen molar-refractivity contribution in [1.82, 2.24) is 10.5 Å². The highest BCUT2D eigenvalue weighted by Crippen LogP contribution is 2.12. The van der Waals surface area contributed by atoms with Gasteiger partial charge in [0.25, 0.3) is 0 Å². The first-order valence-corrected chi connectivity index (χ1v) is 6.67. The highest BCUT2D eigenvalue weighted by molar-refractivity contribution is 5.70. The number of anilines is 1. The number of hydrazine groups is 2. The van der Waals surface area contributed by atoms with Gasteiger partial charge in [0.1, 0.15) is 0 Å². The number of nitrogens with zero attached hydrogens (tertiary/aromatic N) is 1. The third kappa shape index (κ3) is 4.53. The summed E-state index contributed by atoms with van der Waals surface area (Å²) >= 11 is 0. The Morgan fingerprint density at radius 3 is 1.80 bits per heavy atom. The number of nitrogens with one attached hydrogen (secondary N) is 2. The third-order valence-corrected chi connectivity index (χ3v) is 2.88. The van der Waals surface area contributed by atoms with Gasteiger partial charge in [-0.3, -0.25) is 0 Å². The molecule has 2 rings (SSSR count). The van der Waals surface area contributed by atoms with Crippen LogP contribution in [0.4, 0.5) is 5.69 Å². The zero-order valence-corrected chi connectivity index (χ0v) is 12.2. The Kier molecular flexibility index (Phi) is 4.93. The van der Waals surface area contributed by atoms with Crippen molar-refractivity contribution >= 4 is 17.8 Å². The van der Waals surface area contributed by atoms with Gasteiger partial charge >= 0.3 is 0 Å². The first kappa shape index (κ1) is 14.3. The zero-order valence-electron chi connectivity index (χ0n) is 12.2. The van der Waals surface area contributed by atoms with Crippen LogP contribution in [0.25, 0.3) is 12.2 Å². The number of rotatable bonds is 5. The van der Waals surface area contributed by atoms with Gasteiger partial charge in [-0.1, -0.05) is 54.1 Å². The molecule has 0 aliphatic heterocycles. The second kappa shape index (κ2) is 6.89. The summed E-state index contributed by atoms with van der Waals surface area (Å²) in [6.07, 6.45) is 4.24. The van der Waals surface area contributed by atoms with Crippen molar-refractivity contribution in [1.29, 1.82) is 0 Å². The summed E-state index contributed by atoms with van der Waals surface area (Å²) < 4.78 is 0. The van der Waals surface area contributed by atoms with Crippen LogP contribution >= 0.6 is 0 Å². The fraction of sp³-hybridized carbons (Fsp3) is 0.176. The number of hydrogen-bond donors (Lipinski definition) is 2. The molecule has 0 radical (unpaired) electrons. The monoisotopic (exact) mass is 267 g/mol. The second-order valence-corrected chi connectivity index (χ2v) is 5.00. The SMILES string of the molecule is Cc1ccc(/C=C/c2ccc(NNN(C)C)cc2)cc1. The van der Waals surface area contributed by atoms with Gasteiger partial charge in [0.15, 0.2) is 0 Å². The molecule has 2 N–H and O–H groups in total. The molecule has 0 spiro atoms. The van der Waals surface area contributed by atoms with Crippen molar-refractivity contribution in [3.8, 4) is 0 Å². The summed E-state index contributed by atoms with van der Waals surface area (Å²) in [6.45, 7) is 2.10. The molecule has 0 atom stereocenters. The van der Waals surface area contributed by atoms with Crippen LogP contribution in [0.3, 0.4) is 0 Å². The number of benzene rings is 2. The fourth-order valence-corrected chi connectivity index (χ4v) is 1.72. The summed E-state index contributed by atoms with van der Waals surface area (Å²) in [4.78, 5) is 0. The summed E-state index contributed by atoms with van der Waals surface area (Å²) in [5.74, 6) is 0. The molecule has 0 amide bonds. The van der Waals surface area contributed by atoms with E-state index in [1.807, 2.05) is 31.2 Å². The summed E-state index contributed by atoms with van der Waals surface area (Å²) in [5, 5.41) is 1.85. The van der Waals surface area contributed by atoms with E-state index >= 15 is 0 Å². The summed E-state index contributed by atoms with van der Waals surface area (Å²) in [5.41, 5.74) is 10.8. The van der Waals surface area contributed by atoms with Crippen molar-refractivity contribution in [3.63, 3.8) is 0 Å². The van der Waals surface area contributed by atoms with Gasteiger partial charge in [-0.25, -0.2) is 5.01 Å². The molecule has 0 fully saturated rings. The summed E-state index contributed by atoms with van der Waals surface area (Å²) in [6, 6.07) is 16.8. The van der Waals surface area contributed by atoms with E-state index in [9.17, 15) is 0 Å². The molecule has 2 aromatic carbocycles. The lowest BCUT2D eigenvalue weighted by atomic mass is 10.1. The van der Waals surface area contributed by atoms with Crippen LogP contribution in [0.2, 0.25) is 0 Å². The molecule has 0 aliphatic rings. The Morgan fingerprint density at radius 1 is 0.800 bits per heavy atom. The standard InChI is InChI=1S/C17H21N3/c1-14-4-6-15(7-5-14)8-9-16-10-12-17(13-11-16)18-19-20(2)3/h4-13,18-19H,1-3H3/b9-8+. The lowest BCUT2D eigenvalue weighted by Crippen LogP contribution is -2.35. The molecule has 0 bridgehead atoms. The maximum Gasteiger partial charge on any atom is 0.0501 e. The highest BCUT2D eigenvalue weighted by atomic mass is 15.7. The van der Waals surface area contributed by atoms with E-state index in [4.69, 9.17) is 0 Å². The van der Waals surface area contributed by atoms with E-state index in [1.54, 1.807) is 0 Å². The number of hydrogen-bond acceptors (Lipinski definition) is 3. The normalized spacial score (nSPS) is 11.2. The van der Waals surface area contributed by atoms with E-state index in [1.165, 1.54) is 16.7 Å². The molecular weight excluding hydrogens is 246 g/mol. The predicted octanol–water partition coefficient (Wildman–Crippen LogP) is 3.56. The Labute approximate surface area is 120 Å². The smallest absolute Gasteiger partial charge is 0.0501 e. The quantitative estimate of drug-likeness (QED) is 0.640. The molecule has 3 nitrogen and oxygen atoms in total. The Bertz CT molecular complexity index is 554. The molecule has 2 aromatic rings. The molecule has 20 heavy (non-hydrogen) atoms. The van der Waals surface area contributed by atoms with Gasteiger partial charge < -0.3 is 5.43 Å². The molecule has 0 unspecified atom stereocenters. The largest absolute Gasteiger partial charge is 0.308 e. The van der Waals surface area contributed by atoms with Crippen molar-refractivity contribution in [3.05, 3.63) is 65.2 Å². The Morgan fingerprint density at radius 2 is 1.30 bits per heavy atom. The van der Waals surface area contributed by atoms with Crippen LogP contribution in [-0.2, 0) is 0 Å². The molecule has 0 saturated carbocycles. The van der Waals surface area contributed by atoms with Gasteiger partial charge in [0, 0.05) is 14.1 Å². The van der Waals surface area contributed by atoms with Gasteiger partial charge in [-0.15, -0.1) is 0 Å². The Hall–Kier alpha value is -2.10. The van der Waals surface area contributed by atoms with E-state index in [0.29, 0.717) is 0 Å². The first-order valence-electron chi connectivity index (χ1n) is 6.67. The molecular formula is C17H21N3. The van der Waals surface area contributed by atoms with Crippen LogP contribution < -0.4 is 11.0 Å². The minimum Gasteiger partial charge on any atom is -0.308 e. The van der Waals surface area contributed by atoms with Crippen LogP contribution in [0.15, 0.2) is 48.5 Å². The average Bonchev–Trinajstić information content (AvgIpc) is 2.45. The van der Waals surface area contributed by atoms with E-state index < -0.39 is 0 Å². The summed E-state index contributed by atoms with van der Waals surface area (Å²) in [7, 11) is 3.87. The highest BCUT2D eigenvalue weighted by Gasteiger charge is 1.92. The molecule has 104 valence electrons. The molecule has 0 heterocycles. The van der Waals surface area contributed by atoms with Crippen LogP contribution in [0, 0.1) is 6.92 Å². The van der Waals surface area contributed by atoms with E-state index in [0.717, 1.165) is 5.69 Å². The van der Waals surface area contributed by atoms with Crippen LogP contribution in [0.1, 0.15) is 16.7 Å². The van der Waals surface area contributed by atoms with Crippen molar-refractivity contribution in [2.75, 3.05) is 19.5 Å². The zero-order chi connectivity index (χ0) is 14.4. The molecule has 0 aromatic heterocycles. The molecule has 0 aliphatic carbocycles. The predicted molar refractivity (Wildman–Crippen MR) is 87.0 cm³/mol. The third-order valence-electron chi connectivity index (χ3n) is 2.88. The fourth-order valence-electron chi connectivity index (χ4n) is 1.72. The Balaban J connectivity index is 1.98. The van der Waals surface area contributed by atoms with Gasteiger partial charge in [-0.2, -0.15) is 5.53 Å². The van der Waals surface area contributed by atoms with Crippen molar-refractivity contribution in [2.45, 2.75) is 6.92 Å². The topological polar surface area (TPSA) is 27.3 Å². The number of aryl methyl sites for hydroxylation is 1. The second-order valence-electron chi connectivity index (χ2n) is 5.00. The van der Waals surface area contributed by atoms with E-state index in [2.05, 4.69) is 66.4 Å². The molecule has 0 saturated heterocycles. The maximum absolute atomic E-state index is 3.10.